The van der Waals surface area contributed by atoms with Crippen LogP contribution in [0.2, 0.25) is 0 Å². The van der Waals surface area contributed by atoms with Crippen LogP contribution in [-0.2, 0) is 10.0 Å². The van der Waals surface area contributed by atoms with Crippen molar-refractivity contribution in [3.8, 4) is 5.75 Å². The van der Waals surface area contributed by atoms with E-state index in [-0.39, 0.29) is 18.9 Å². The number of hydrogen-bond donors (Lipinski definition) is 2. The Morgan fingerprint density at radius 1 is 1.47 bits per heavy atom. The number of nitrogens with two attached hydrogens (primary N) is 1. The molecule has 1 aromatic rings. The number of hydrogen-bond acceptors (Lipinski definition) is 5. The second-order valence-electron chi connectivity index (χ2n) is 4.54. The second-order valence-corrected chi connectivity index (χ2v) is 6.63. The summed E-state index contributed by atoms with van der Waals surface area (Å²) in [4.78, 5) is 0. The molecule has 0 radical (unpaired) electrons. The van der Waals surface area contributed by atoms with Crippen LogP contribution in [0, 0.1) is 0 Å². The highest BCUT2D eigenvalue weighted by Gasteiger charge is 2.29. The summed E-state index contributed by atoms with van der Waals surface area (Å²) < 4.78 is 30.6. The van der Waals surface area contributed by atoms with Crippen molar-refractivity contribution >= 4 is 15.7 Å². The number of anilines is 1. The first-order valence-corrected chi connectivity index (χ1v) is 7.72. The van der Waals surface area contributed by atoms with Gasteiger partial charge in [0.25, 0.3) is 0 Å². The van der Waals surface area contributed by atoms with Crippen LogP contribution in [0.4, 0.5) is 5.69 Å². The third-order valence-corrected chi connectivity index (χ3v) is 4.79. The molecule has 106 valence electrons. The third kappa shape index (κ3) is 3.82. The molecule has 1 aromatic carbocycles. The van der Waals surface area contributed by atoms with Gasteiger partial charge in [-0.25, -0.2) is 8.42 Å². The summed E-state index contributed by atoms with van der Waals surface area (Å²) in [5, 5.41) is 9.35. The SMILES string of the molecule is Nc1cccc(OCCS(=O)(=O)N2CCC(O)C2)c1. The molecule has 0 amide bonds. The van der Waals surface area contributed by atoms with Crippen molar-refractivity contribution in [3.63, 3.8) is 0 Å². The molecular formula is C12H18N2O4S. The van der Waals surface area contributed by atoms with E-state index in [4.69, 9.17) is 10.5 Å². The lowest BCUT2D eigenvalue weighted by atomic mass is 10.3. The van der Waals surface area contributed by atoms with Gasteiger partial charge < -0.3 is 15.6 Å². The van der Waals surface area contributed by atoms with Gasteiger partial charge in [-0.05, 0) is 18.6 Å². The Labute approximate surface area is 112 Å². The summed E-state index contributed by atoms with van der Waals surface area (Å²) in [6.07, 6.45) is -0.0559. The fourth-order valence-electron chi connectivity index (χ4n) is 1.96. The molecule has 1 atom stereocenters. The Hall–Kier alpha value is -1.31. The zero-order valence-corrected chi connectivity index (χ0v) is 11.3. The van der Waals surface area contributed by atoms with Gasteiger partial charge in [-0.3, -0.25) is 0 Å². The van der Waals surface area contributed by atoms with E-state index in [0.29, 0.717) is 24.4 Å². The number of nitrogens with zero attached hydrogens (tertiary/aromatic N) is 1. The summed E-state index contributed by atoms with van der Waals surface area (Å²) in [6, 6.07) is 6.85. The minimum Gasteiger partial charge on any atom is -0.492 e. The summed E-state index contributed by atoms with van der Waals surface area (Å²) >= 11 is 0. The first-order chi connectivity index (χ1) is 8.97. The molecule has 1 heterocycles. The van der Waals surface area contributed by atoms with Crippen LogP contribution < -0.4 is 10.5 Å². The van der Waals surface area contributed by atoms with Crippen LogP contribution >= 0.6 is 0 Å². The van der Waals surface area contributed by atoms with Crippen molar-refractivity contribution in [2.75, 3.05) is 31.2 Å². The van der Waals surface area contributed by atoms with Crippen LogP contribution in [0.3, 0.4) is 0 Å². The highest BCUT2D eigenvalue weighted by Crippen LogP contribution is 2.16. The monoisotopic (exact) mass is 286 g/mol. The predicted molar refractivity (Wildman–Crippen MR) is 72.3 cm³/mol. The molecule has 0 bridgehead atoms. The number of ether oxygens (including phenoxy) is 1. The number of rotatable bonds is 5. The molecule has 1 aliphatic heterocycles. The van der Waals surface area contributed by atoms with Gasteiger partial charge in [-0.15, -0.1) is 0 Å². The molecule has 0 aromatic heterocycles. The topological polar surface area (TPSA) is 92.9 Å². The quantitative estimate of drug-likeness (QED) is 0.746. The number of aliphatic hydroxyl groups excluding tert-OH is 1. The molecule has 7 heteroatoms. The van der Waals surface area contributed by atoms with Gasteiger partial charge in [0.1, 0.15) is 12.4 Å². The summed E-state index contributed by atoms with van der Waals surface area (Å²) in [5.74, 6) is 0.450. The van der Waals surface area contributed by atoms with Gasteiger partial charge in [0, 0.05) is 24.8 Å². The van der Waals surface area contributed by atoms with Gasteiger partial charge in [0.15, 0.2) is 0 Å². The summed E-state index contributed by atoms with van der Waals surface area (Å²) in [7, 11) is -3.36. The van der Waals surface area contributed by atoms with E-state index in [1.807, 2.05) is 0 Å². The lowest BCUT2D eigenvalue weighted by molar-refractivity contribution is 0.189. The molecule has 0 spiro atoms. The number of β-amino-alcohol motifs (C(OH)–C–C–N with tert-alkyl or cyclic N) is 1. The maximum absolute atomic E-state index is 11.9. The average Bonchev–Trinajstić information content (AvgIpc) is 2.76. The standard InChI is InChI=1S/C12H18N2O4S/c13-10-2-1-3-12(8-10)18-6-7-19(16,17)14-5-4-11(15)9-14/h1-3,8,11,15H,4-7,9,13H2. The van der Waals surface area contributed by atoms with Gasteiger partial charge >= 0.3 is 0 Å². The zero-order valence-electron chi connectivity index (χ0n) is 10.5. The van der Waals surface area contributed by atoms with E-state index in [2.05, 4.69) is 0 Å². The molecule has 1 saturated heterocycles. The fourth-order valence-corrected chi connectivity index (χ4v) is 3.30. The Kier molecular flexibility index (Phi) is 4.28. The van der Waals surface area contributed by atoms with Crippen LogP contribution in [0.25, 0.3) is 0 Å². The van der Waals surface area contributed by atoms with Crippen LogP contribution in [0.15, 0.2) is 24.3 Å². The smallest absolute Gasteiger partial charge is 0.217 e. The maximum Gasteiger partial charge on any atom is 0.217 e. The van der Waals surface area contributed by atoms with Gasteiger partial charge in [-0.2, -0.15) is 4.31 Å². The Morgan fingerprint density at radius 2 is 2.26 bits per heavy atom. The first-order valence-electron chi connectivity index (χ1n) is 6.11. The van der Waals surface area contributed by atoms with E-state index in [1.165, 1.54) is 4.31 Å². The molecule has 1 fully saturated rings. The average molecular weight is 286 g/mol. The fraction of sp³-hybridized carbons (Fsp3) is 0.500. The third-order valence-electron chi connectivity index (χ3n) is 2.99. The Morgan fingerprint density at radius 3 is 2.89 bits per heavy atom. The van der Waals surface area contributed by atoms with Gasteiger partial charge in [-0.1, -0.05) is 6.07 Å². The minimum atomic E-state index is -3.36. The number of benzene rings is 1. The first kappa shape index (κ1) is 14.1. The van der Waals surface area contributed by atoms with E-state index in [9.17, 15) is 13.5 Å². The molecule has 1 unspecified atom stereocenters. The molecular weight excluding hydrogens is 268 g/mol. The van der Waals surface area contributed by atoms with Crippen molar-refractivity contribution in [2.24, 2.45) is 0 Å². The van der Waals surface area contributed by atoms with Crippen molar-refractivity contribution < 1.29 is 18.3 Å². The Bertz CT molecular complexity index is 532. The number of aliphatic hydroxyl groups is 1. The molecule has 0 saturated carbocycles. The largest absolute Gasteiger partial charge is 0.492 e. The van der Waals surface area contributed by atoms with E-state index >= 15 is 0 Å². The molecule has 1 aliphatic rings. The number of sulfonamides is 1. The molecule has 6 nitrogen and oxygen atoms in total. The van der Waals surface area contributed by atoms with E-state index in [1.54, 1.807) is 24.3 Å². The van der Waals surface area contributed by atoms with Gasteiger partial charge in [0.05, 0.1) is 11.9 Å². The predicted octanol–water partition coefficient (Wildman–Crippen LogP) is 0.0440. The zero-order chi connectivity index (χ0) is 13.9. The van der Waals surface area contributed by atoms with E-state index in [0.717, 1.165) is 0 Å². The molecule has 3 N–H and O–H groups in total. The summed E-state index contributed by atoms with van der Waals surface area (Å²) in [5.41, 5.74) is 6.17. The van der Waals surface area contributed by atoms with E-state index < -0.39 is 16.1 Å². The van der Waals surface area contributed by atoms with Crippen LogP contribution in [0.5, 0.6) is 5.75 Å². The van der Waals surface area contributed by atoms with Crippen molar-refractivity contribution in [1.29, 1.82) is 0 Å². The highest BCUT2D eigenvalue weighted by atomic mass is 32.2. The molecule has 2 rings (SSSR count). The highest BCUT2D eigenvalue weighted by molar-refractivity contribution is 7.89. The lowest BCUT2D eigenvalue weighted by Gasteiger charge is -2.15. The van der Waals surface area contributed by atoms with Crippen LogP contribution in [0.1, 0.15) is 6.42 Å². The van der Waals surface area contributed by atoms with Gasteiger partial charge in [0.2, 0.25) is 10.0 Å². The minimum absolute atomic E-state index is 0.0678. The number of nitrogen functional groups attached to an aromatic ring is 1. The maximum atomic E-state index is 11.9. The van der Waals surface area contributed by atoms with Crippen molar-refractivity contribution in [2.45, 2.75) is 12.5 Å². The normalized spacial score (nSPS) is 20.6. The lowest BCUT2D eigenvalue weighted by Crippen LogP contribution is -2.33. The Balaban J connectivity index is 1.85. The van der Waals surface area contributed by atoms with Crippen LogP contribution in [-0.4, -0.2) is 49.4 Å². The van der Waals surface area contributed by atoms with Crippen molar-refractivity contribution in [3.05, 3.63) is 24.3 Å². The molecule has 19 heavy (non-hydrogen) atoms. The second kappa shape index (κ2) is 5.77. The summed E-state index contributed by atoms with van der Waals surface area (Å²) in [6.45, 7) is 0.626. The molecule has 0 aliphatic carbocycles. The van der Waals surface area contributed by atoms with Crippen molar-refractivity contribution in [1.82, 2.24) is 4.31 Å².